The van der Waals surface area contributed by atoms with E-state index in [0.717, 1.165) is 57.8 Å². The first-order chi connectivity index (χ1) is 14.1. The summed E-state index contributed by atoms with van der Waals surface area (Å²) >= 11 is 0. The van der Waals surface area contributed by atoms with Gasteiger partial charge >= 0.3 is 0 Å². The number of hydrogen-bond acceptors (Lipinski definition) is 2. The van der Waals surface area contributed by atoms with Crippen LogP contribution >= 0.6 is 0 Å². The Morgan fingerprint density at radius 3 is 1.66 bits per heavy atom. The molecule has 0 saturated carbocycles. The van der Waals surface area contributed by atoms with E-state index in [0.29, 0.717) is 11.1 Å². The van der Waals surface area contributed by atoms with Crippen LogP contribution in [0.4, 0.5) is 0 Å². The molecule has 0 aliphatic rings. The van der Waals surface area contributed by atoms with Crippen LogP contribution in [0.25, 0.3) is 0 Å². The lowest BCUT2D eigenvalue weighted by Gasteiger charge is -2.10. The van der Waals surface area contributed by atoms with Crippen LogP contribution in [0.3, 0.4) is 0 Å². The van der Waals surface area contributed by atoms with Gasteiger partial charge in [0, 0.05) is 11.1 Å². The van der Waals surface area contributed by atoms with Crippen molar-refractivity contribution in [1.29, 1.82) is 0 Å². The summed E-state index contributed by atoms with van der Waals surface area (Å²) < 4.78 is 0. The Bertz CT molecular complexity index is 778. The minimum absolute atomic E-state index is 0.0539. The number of carbonyl (C=O) groups is 2. The number of Topliss-reactive ketones (excluding diaryl/α,β-unsaturated/α-hetero) is 2. The van der Waals surface area contributed by atoms with Crippen LogP contribution in [0, 0.1) is 0 Å². The van der Waals surface area contributed by atoms with Crippen molar-refractivity contribution in [3.8, 4) is 0 Å². The molecule has 0 heterocycles. The fourth-order valence-corrected chi connectivity index (χ4v) is 3.61. The molecular weight excluding hydrogens is 356 g/mol. The van der Waals surface area contributed by atoms with E-state index in [1.807, 2.05) is 30.3 Å². The second-order valence-electron chi connectivity index (χ2n) is 8.07. The molecule has 0 saturated heterocycles. The van der Waals surface area contributed by atoms with Gasteiger partial charge in [0.05, 0.1) is 6.42 Å². The van der Waals surface area contributed by atoms with Crippen LogP contribution < -0.4 is 0 Å². The summed E-state index contributed by atoms with van der Waals surface area (Å²) in [4.78, 5) is 25.7. The fraction of sp³-hybridized carbons (Fsp3) is 0.481. The Kier molecular flexibility index (Phi) is 9.83. The Morgan fingerprint density at radius 1 is 0.621 bits per heavy atom. The van der Waals surface area contributed by atoms with E-state index in [2.05, 4.69) is 32.9 Å². The predicted octanol–water partition coefficient (Wildman–Crippen LogP) is 7.17. The van der Waals surface area contributed by atoms with Gasteiger partial charge in [0.15, 0.2) is 11.6 Å². The largest absolute Gasteiger partial charge is 0.294 e. The number of benzene rings is 2. The molecule has 0 aliphatic carbocycles. The van der Waals surface area contributed by atoms with Gasteiger partial charge in [-0.1, -0.05) is 64.3 Å². The monoisotopic (exact) mass is 392 g/mol. The summed E-state index contributed by atoms with van der Waals surface area (Å²) in [7, 11) is 0. The molecule has 0 spiro atoms. The van der Waals surface area contributed by atoms with Crippen molar-refractivity contribution >= 4 is 11.6 Å². The van der Waals surface area contributed by atoms with Gasteiger partial charge in [-0.2, -0.15) is 0 Å². The van der Waals surface area contributed by atoms with Crippen molar-refractivity contribution in [3.05, 3.63) is 70.3 Å². The van der Waals surface area contributed by atoms with Crippen LogP contribution in [-0.4, -0.2) is 11.6 Å². The summed E-state index contributed by atoms with van der Waals surface area (Å²) in [6.45, 7) is 6.53. The predicted molar refractivity (Wildman–Crippen MR) is 122 cm³/mol. The molecule has 2 rings (SSSR count). The van der Waals surface area contributed by atoms with Crippen LogP contribution in [0.2, 0.25) is 0 Å². The quantitative estimate of drug-likeness (QED) is 0.267. The molecule has 0 N–H and O–H groups in total. The van der Waals surface area contributed by atoms with Gasteiger partial charge in [0.1, 0.15) is 0 Å². The normalized spacial score (nSPS) is 10.9. The first-order valence-electron chi connectivity index (χ1n) is 11.4. The van der Waals surface area contributed by atoms with E-state index in [9.17, 15) is 9.59 Å². The fourth-order valence-electron chi connectivity index (χ4n) is 3.61. The van der Waals surface area contributed by atoms with Crippen molar-refractivity contribution in [2.24, 2.45) is 0 Å². The molecule has 2 heteroatoms. The average Bonchev–Trinajstić information content (AvgIpc) is 2.74. The Balaban J connectivity index is 2.14. The van der Waals surface area contributed by atoms with E-state index in [4.69, 9.17) is 0 Å². The molecular formula is C27H36O2. The number of rotatable bonds is 13. The third-order valence-corrected chi connectivity index (χ3v) is 5.40. The Hall–Kier alpha value is -2.22. The van der Waals surface area contributed by atoms with E-state index in [-0.39, 0.29) is 18.0 Å². The molecule has 0 aromatic heterocycles. The number of aryl methyl sites for hydroxylation is 3. The van der Waals surface area contributed by atoms with Crippen LogP contribution in [0.1, 0.15) is 103 Å². The highest BCUT2D eigenvalue weighted by atomic mass is 16.1. The molecule has 2 nitrogen and oxygen atoms in total. The number of hydrogen-bond donors (Lipinski definition) is 0. The lowest BCUT2D eigenvalue weighted by atomic mass is 9.94. The van der Waals surface area contributed by atoms with E-state index >= 15 is 0 Å². The lowest BCUT2D eigenvalue weighted by molar-refractivity contribution is 0.0894. The zero-order valence-corrected chi connectivity index (χ0v) is 18.4. The van der Waals surface area contributed by atoms with Crippen LogP contribution in [-0.2, 0) is 19.3 Å². The molecule has 0 amide bonds. The van der Waals surface area contributed by atoms with Crippen molar-refractivity contribution in [1.82, 2.24) is 0 Å². The summed E-state index contributed by atoms with van der Waals surface area (Å²) in [5, 5.41) is 0. The first-order valence-corrected chi connectivity index (χ1v) is 11.4. The van der Waals surface area contributed by atoms with Gasteiger partial charge < -0.3 is 0 Å². The minimum atomic E-state index is -0.0811. The van der Waals surface area contributed by atoms with Crippen molar-refractivity contribution in [2.45, 2.75) is 85.0 Å². The topological polar surface area (TPSA) is 34.1 Å². The maximum absolute atomic E-state index is 12.9. The Labute approximate surface area is 176 Å². The second kappa shape index (κ2) is 12.4. The average molecular weight is 393 g/mol. The van der Waals surface area contributed by atoms with Gasteiger partial charge in [-0.05, 0) is 73.4 Å². The van der Waals surface area contributed by atoms with Gasteiger partial charge in [-0.25, -0.2) is 0 Å². The van der Waals surface area contributed by atoms with Crippen molar-refractivity contribution < 1.29 is 9.59 Å². The Morgan fingerprint density at radius 2 is 1.10 bits per heavy atom. The third-order valence-electron chi connectivity index (χ3n) is 5.40. The van der Waals surface area contributed by atoms with E-state index in [1.165, 1.54) is 16.7 Å². The number of ketones is 2. The molecule has 2 aromatic rings. The van der Waals surface area contributed by atoms with Crippen LogP contribution in [0.5, 0.6) is 0 Å². The standard InChI is InChI=1S/C27H36O2/c1-4-7-11-21-14-10-15-24(17-21)26(28)20-27(29)25-18-22(12-8-5-2)16-23(19-25)13-9-6-3/h10,14-19H,4-9,11-13,20H2,1-3H3. The highest BCUT2D eigenvalue weighted by Crippen LogP contribution is 2.18. The van der Waals surface area contributed by atoms with Gasteiger partial charge in [0.25, 0.3) is 0 Å². The summed E-state index contributed by atoms with van der Waals surface area (Å²) in [6, 6.07) is 14.0. The molecule has 0 atom stereocenters. The van der Waals surface area contributed by atoms with E-state index in [1.54, 1.807) is 0 Å². The smallest absolute Gasteiger partial charge is 0.170 e. The van der Waals surface area contributed by atoms with Crippen LogP contribution in [0.15, 0.2) is 42.5 Å². The molecule has 0 fully saturated rings. The zero-order valence-electron chi connectivity index (χ0n) is 18.4. The second-order valence-corrected chi connectivity index (χ2v) is 8.07. The lowest BCUT2D eigenvalue weighted by Crippen LogP contribution is -2.10. The molecule has 0 radical (unpaired) electrons. The first kappa shape index (κ1) is 23.1. The minimum Gasteiger partial charge on any atom is -0.294 e. The van der Waals surface area contributed by atoms with Crippen molar-refractivity contribution in [3.63, 3.8) is 0 Å². The molecule has 29 heavy (non-hydrogen) atoms. The van der Waals surface area contributed by atoms with Gasteiger partial charge in [-0.3, -0.25) is 9.59 Å². The molecule has 2 aromatic carbocycles. The summed E-state index contributed by atoms with van der Waals surface area (Å²) in [6.07, 6.45) is 9.65. The number of carbonyl (C=O) groups excluding carboxylic acids is 2. The maximum atomic E-state index is 12.9. The number of unbranched alkanes of at least 4 members (excludes halogenated alkanes) is 3. The molecule has 0 aliphatic heterocycles. The SMILES string of the molecule is CCCCc1cccc(C(=O)CC(=O)c2cc(CCCC)cc(CCCC)c2)c1. The zero-order chi connectivity index (χ0) is 21.1. The molecule has 156 valence electrons. The van der Waals surface area contributed by atoms with Gasteiger partial charge in [0.2, 0.25) is 0 Å². The molecule has 0 bridgehead atoms. The maximum Gasteiger partial charge on any atom is 0.170 e. The molecule has 0 unspecified atom stereocenters. The highest BCUT2D eigenvalue weighted by molar-refractivity contribution is 6.13. The summed E-state index contributed by atoms with van der Waals surface area (Å²) in [5.74, 6) is -0.146. The van der Waals surface area contributed by atoms with Crippen molar-refractivity contribution in [2.75, 3.05) is 0 Å². The highest BCUT2D eigenvalue weighted by Gasteiger charge is 2.15. The summed E-state index contributed by atoms with van der Waals surface area (Å²) in [5.41, 5.74) is 4.96. The third kappa shape index (κ3) is 7.61. The van der Waals surface area contributed by atoms with Gasteiger partial charge in [-0.15, -0.1) is 0 Å². The van der Waals surface area contributed by atoms with E-state index < -0.39 is 0 Å².